The molecule has 2 amide bonds. The highest BCUT2D eigenvalue weighted by Gasteiger charge is 2.33. The zero-order chi connectivity index (χ0) is 17.0. The van der Waals surface area contributed by atoms with E-state index in [1.807, 2.05) is 37.8 Å². The van der Waals surface area contributed by atoms with Gasteiger partial charge in [0, 0.05) is 12.1 Å². The van der Waals surface area contributed by atoms with Crippen molar-refractivity contribution in [1.29, 1.82) is 0 Å². The number of nitrogens with zero attached hydrogens (tertiary/aromatic N) is 2. The van der Waals surface area contributed by atoms with Crippen LogP contribution >= 0.6 is 0 Å². The molecule has 0 aliphatic heterocycles. The topological polar surface area (TPSA) is 65.8 Å². The Morgan fingerprint density at radius 3 is 2.52 bits per heavy atom. The van der Waals surface area contributed by atoms with Gasteiger partial charge < -0.3 is 14.6 Å². The molecule has 6 nitrogen and oxygen atoms in total. The van der Waals surface area contributed by atoms with Gasteiger partial charge in [-0.05, 0) is 52.8 Å². The highest BCUT2D eigenvalue weighted by Crippen LogP contribution is 2.28. The van der Waals surface area contributed by atoms with Crippen LogP contribution in [0, 0.1) is 6.92 Å². The van der Waals surface area contributed by atoms with Crippen LogP contribution < -0.4 is 5.32 Å². The summed E-state index contributed by atoms with van der Waals surface area (Å²) in [5.41, 5.74) is 0. The second-order valence-electron chi connectivity index (χ2n) is 6.66. The van der Waals surface area contributed by atoms with Crippen molar-refractivity contribution in [3.05, 3.63) is 23.7 Å². The highest BCUT2D eigenvalue weighted by atomic mass is 16.3. The summed E-state index contributed by atoms with van der Waals surface area (Å²) in [5.74, 6) is 1.64. The predicted octanol–water partition coefficient (Wildman–Crippen LogP) is 1.54. The van der Waals surface area contributed by atoms with E-state index >= 15 is 0 Å². The van der Waals surface area contributed by atoms with E-state index in [1.54, 1.807) is 11.9 Å². The van der Waals surface area contributed by atoms with Crippen molar-refractivity contribution in [2.24, 2.45) is 0 Å². The molecule has 0 aromatic carbocycles. The first-order valence-corrected chi connectivity index (χ1v) is 8.18. The van der Waals surface area contributed by atoms with Crippen LogP contribution in [0.5, 0.6) is 0 Å². The lowest BCUT2D eigenvalue weighted by Crippen LogP contribution is -2.44. The minimum absolute atomic E-state index is 0.0430. The summed E-state index contributed by atoms with van der Waals surface area (Å²) in [7, 11) is 1.79. The molecular weight excluding hydrogens is 294 g/mol. The number of amides is 2. The molecule has 1 aliphatic rings. The first kappa shape index (κ1) is 17.5. The molecule has 2 rings (SSSR count). The molecule has 0 spiro atoms. The Morgan fingerprint density at radius 2 is 2.00 bits per heavy atom. The van der Waals surface area contributed by atoms with E-state index in [0.29, 0.717) is 12.6 Å². The third-order valence-electron chi connectivity index (χ3n) is 3.70. The standard InChI is InChI=1S/C17H27N3O3/c1-12(2)18-16(21)10-19(4)11-17(22)20(14-6-7-14)9-15-8-5-13(3)23-15/h5,8,12,14H,6-7,9-11H2,1-4H3,(H,18,21). The Morgan fingerprint density at radius 1 is 1.30 bits per heavy atom. The van der Waals surface area contributed by atoms with Gasteiger partial charge in [0.25, 0.3) is 0 Å². The normalized spacial score (nSPS) is 14.3. The Hall–Kier alpha value is -1.82. The third-order valence-corrected chi connectivity index (χ3v) is 3.70. The molecule has 1 N–H and O–H groups in total. The number of nitrogens with one attached hydrogen (secondary N) is 1. The molecular formula is C17H27N3O3. The molecule has 1 fully saturated rings. The van der Waals surface area contributed by atoms with Crippen molar-refractivity contribution in [1.82, 2.24) is 15.1 Å². The molecule has 0 radical (unpaired) electrons. The molecule has 1 aromatic rings. The smallest absolute Gasteiger partial charge is 0.237 e. The molecule has 1 heterocycles. The fourth-order valence-corrected chi connectivity index (χ4v) is 2.54. The van der Waals surface area contributed by atoms with Crippen molar-refractivity contribution in [2.45, 2.75) is 52.2 Å². The van der Waals surface area contributed by atoms with Gasteiger partial charge in [-0.1, -0.05) is 0 Å². The van der Waals surface area contributed by atoms with Crippen LogP contribution in [0.2, 0.25) is 0 Å². The van der Waals surface area contributed by atoms with Crippen LogP contribution in [0.1, 0.15) is 38.2 Å². The molecule has 128 valence electrons. The Bertz CT molecular complexity index is 549. The number of aryl methyl sites for hydroxylation is 1. The molecule has 1 aromatic heterocycles. The Balaban J connectivity index is 1.87. The average Bonchev–Trinajstić information content (AvgIpc) is 3.17. The lowest BCUT2D eigenvalue weighted by molar-refractivity contribution is -0.134. The van der Waals surface area contributed by atoms with E-state index in [-0.39, 0.29) is 30.9 Å². The number of furan rings is 1. The monoisotopic (exact) mass is 321 g/mol. The van der Waals surface area contributed by atoms with E-state index in [4.69, 9.17) is 4.42 Å². The maximum atomic E-state index is 12.6. The summed E-state index contributed by atoms with van der Waals surface area (Å²) >= 11 is 0. The van der Waals surface area contributed by atoms with Crippen molar-refractivity contribution < 1.29 is 14.0 Å². The maximum Gasteiger partial charge on any atom is 0.237 e. The first-order valence-electron chi connectivity index (χ1n) is 8.18. The summed E-state index contributed by atoms with van der Waals surface area (Å²) in [5, 5.41) is 2.83. The Labute approximate surface area is 137 Å². The van der Waals surface area contributed by atoms with Gasteiger partial charge in [-0.3, -0.25) is 14.5 Å². The van der Waals surface area contributed by atoms with E-state index in [0.717, 1.165) is 24.4 Å². The summed E-state index contributed by atoms with van der Waals surface area (Å²) in [6.07, 6.45) is 2.09. The van der Waals surface area contributed by atoms with Crippen molar-refractivity contribution in [3.63, 3.8) is 0 Å². The fourth-order valence-electron chi connectivity index (χ4n) is 2.54. The van der Waals surface area contributed by atoms with E-state index in [2.05, 4.69) is 5.32 Å². The number of carbonyl (C=O) groups is 2. The van der Waals surface area contributed by atoms with Gasteiger partial charge in [0.15, 0.2) is 0 Å². The van der Waals surface area contributed by atoms with Gasteiger partial charge in [0.05, 0.1) is 19.6 Å². The van der Waals surface area contributed by atoms with Crippen LogP contribution in [0.3, 0.4) is 0 Å². The van der Waals surface area contributed by atoms with Crippen LogP contribution in [0.4, 0.5) is 0 Å². The lowest BCUT2D eigenvalue weighted by atomic mass is 10.3. The predicted molar refractivity (Wildman–Crippen MR) is 87.8 cm³/mol. The van der Waals surface area contributed by atoms with Gasteiger partial charge >= 0.3 is 0 Å². The molecule has 0 saturated heterocycles. The number of carbonyl (C=O) groups excluding carboxylic acids is 2. The van der Waals surface area contributed by atoms with E-state index in [1.165, 1.54) is 0 Å². The van der Waals surface area contributed by atoms with Crippen molar-refractivity contribution in [2.75, 3.05) is 20.1 Å². The molecule has 6 heteroatoms. The minimum Gasteiger partial charge on any atom is -0.464 e. The quantitative estimate of drug-likeness (QED) is 0.789. The van der Waals surface area contributed by atoms with E-state index < -0.39 is 0 Å². The summed E-state index contributed by atoms with van der Waals surface area (Å²) in [6, 6.07) is 4.24. The van der Waals surface area contributed by atoms with E-state index in [9.17, 15) is 9.59 Å². The number of rotatable bonds is 8. The highest BCUT2D eigenvalue weighted by molar-refractivity contribution is 5.81. The summed E-state index contributed by atoms with van der Waals surface area (Å²) in [4.78, 5) is 27.9. The van der Waals surface area contributed by atoms with Crippen LogP contribution in [-0.2, 0) is 16.1 Å². The maximum absolute atomic E-state index is 12.6. The average molecular weight is 321 g/mol. The van der Waals surface area contributed by atoms with Gasteiger partial charge in [-0.15, -0.1) is 0 Å². The van der Waals surface area contributed by atoms with Gasteiger partial charge in [0.2, 0.25) is 11.8 Å². The number of hydrogen-bond acceptors (Lipinski definition) is 4. The summed E-state index contributed by atoms with van der Waals surface area (Å²) < 4.78 is 5.58. The molecule has 0 atom stereocenters. The second-order valence-corrected chi connectivity index (χ2v) is 6.66. The SMILES string of the molecule is Cc1ccc(CN(C(=O)CN(C)CC(=O)NC(C)C)C2CC2)o1. The van der Waals surface area contributed by atoms with Gasteiger partial charge in [-0.2, -0.15) is 0 Å². The van der Waals surface area contributed by atoms with Crippen molar-refractivity contribution in [3.8, 4) is 0 Å². The number of hydrogen-bond donors (Lipinski definition) is 1. The van der Waals surface area contributed by atoms with Crippen LogP contribution in [-0.4, -0.2) is 53.8 Å². The lowest BCUT2D eigenvalue weighted by Gasteiger charge is -2.24. The molecule has 0 unspecified atom stereocenters. The Kier molecular flexibility index (Phi) is 5.82. The molecule has 1 saturated carbocycles. The number of likely N-dealkylation sites (N-methyl/N-ethyl adjacent to an activating group) is 1. The van der Waals surface area contributed by atoms with Crippen molar-refractivity contribution >= 4 is 11.8 Å². The third kappa shape index (κ3) is 5.71. The largest absolute Gasteiger partial charge is 0.464 e. The van der Waals surface area contributed by atoms with Gasteiger partial charge in [0.1, 0.15) is 11.5 Å². The zero-order valence-electron chi connectivity index (χ0n) is 14.5. The molecule has 1 aliphatic carbocycles. The summed E-state index contributed by atoms with van der Waals surface area (Å²) in [6.45, 7) is 6.70. The van der Waals surface area contributed by atoms with Gasteiger partial charge in [-0.25, -0.2) is 0 Å². The first-order chi connectivity index (χ1) is 10.8. The minimum atomic E-state index is -0.0602. The fraction of sp³-hybridized carbons (Fsp3) is 0.647. The molecule has 0 bridgehead atoms. The van der Waals surface area contributed by atoms with Crippen LogP contribution in [0.25, 0.3) is 0 Å². The second kappa shape index (κ2) is 7.64. The zero-order valence-corrected chi connectivity index (χ0v) is 14.5. The van der Waals surface area contributed by atoms with Crippen LogP contribution in [0.15, 0.2) is 16.5 Å². The molecule has 23 heavy (non-hydrogen) atoms.